The van der Waals surface area contributed by atoms with Gasteiger partial charge in [-0.15, -0.1) is 0 Å². The van der Waals surface area contributed by atoms with Crippen LogP contribution in [0.1, 0.15) is 58.3 Å². The average molecular weight is 309 g/mol. The van der Waals surface area contributed by atoms with Crippen LogP contribution >= 0.6 is 0 Å². The second-order valence-electron chi connectivity index (χ2n) is 6.77. The van der Waals surface area contributed by atoms with Gasteiger partial charge in [0.2, 0.25) is 5.91 Å². The van der Waals surface area contributed by atoms with Gasteiger partial charge >= 0.3 is 6.03 Å². The summed E-state index contributed by atoms with van der Waals surface area (Å²) in [4.78, 5) is 25.5. The van der Waals surface area contributed by atoms with Crippen molar-refractivity contribution < 1.29 is 9.59 Å². The number of hydrogen-bond donors (Lipinski definition) is 2. The number of carbonyl (C=O) groups is 2. The molecule has 0 aromatic carbocycles. The Morgan fingerprint density at radius 3 is 2.27 bits per heavy atom. The van der Waals surface area contributed by atoms with Crippen molar-refractivity contribution in [2.45, 2.75) is 58.3 Å². The fourth-order valence-corrected chi connectivity index (χ4v) is 3.55. The average Bonchev–Trinajstić information content (AvgIpc) is 3.08. The Balaban J connectivity index is 1.52. The van der Waals surface area contributed by atoms with Crippen molar-refractivity contribution in [1.29, 1.82) is 0 Å². The molecule has 2 rings (SSSR count). The fourth-order valence-electron chi connectivity index (χ4n) is 3.55. The number of urea groups is 1. The van der Waals surface area contributed by atoms with E-state index in [0.717, 1.165) is 38.4 Å². The zero-order valence-corrected chi connectivity index (χ0v) is 13.9. The molecule has 3 amide bonds. The number of nitrogens with zero attached hydrogens (tertiary/aromatic N) is 1. The Morgan fingerprint density at radius 2 is 1.64 bits per heavy atom. The molecule has 0 aromatic rings. The molecule has 1 heterocycles. The van der Waals surface area contributed by atoms with Gasteiger partial charge in [0.25, 0.3) is 0 Å². The van der Waals surface area contributed by atoms with E-state index in [1.165, 1.54) is 32.1 Å². The summed E-state index contributed by atoms with van der Waals surface area (Å²) in [6.07, 6.45) is 8.97. The van der Waals surface area contributed by atoms with E-state index in [9.17, 15) is 9.59 Å². The monoisotopic (exact) mass is 309 g/mol. The Hall–Kier alpha value is -1.26. The van der Waals surface area contributed by atoms with Crippen LogP contribution in [-0.4, -0.2) is 43.0 Å². The second kappa shape index (κ2) is 9.01. The van der Waals surface area contributed by atoms with Crippen LogP contribution in [0.15, 0.2) is 0 Å². The maximum absolute atomic E-state index is 11.8. The van der Waals surface area contributed by atoms with E-state index in [1.807, 2.05) is 4.90 Å². The van der Waals surface area contributed by atoms with Crippen molar-refractivity contribution >= 4 is 11.9 Å². The van der Waals surface area contributed by atoms with Gasteiger partial charge < -0.3 is 15.5 Å². The van der Waals surface area contributed by atoms with E-state index < -0.39 is 0 Å². The summed E-state index contributed by atoms with van der Waals surface area (Å²) in [6, 6.07) is -0.133. The maximum atomic E-state index is 11.8. The van der Waals surface area contributed by atoms with Gasteiger partial charge in [0.1, 0.15) is 0 Å². The molecule has 0 radical (unpaired) electrons. The highest BCUT2D eigenvalue weighted by molar-refractivity contribution is 5.78. The molecule has 0 bridgehead atoms. The van der Waals surface area contributed by atoms with Crippen LogP contribution < -0.4 is 10.6 Å². The van der Waals surface area contributed by atoms with Crippen LogP contribution in [0.5, 0.6) is 0 Å². The molecular weight excluding hydrogens is 278 g/mol. The second-order valence-corrected chi connectivity index (χ2v) is 6.77. The molecule has 1 saturated heterocycles. The summed E-state index contributed by atoms with van der Waals surface area (Å²) in [5.41, 5.74) is 0. The minimum absolute atomic E-state index is 0.133. The highest BCUT2D eigenvalue weighted by Gasteiger charge is 2.20. The van der Waals surface area contributed by atoms with E-state index in [-0.39, 0.29) is 11.9 Å². The molecule has 0 spiro atoms. The Kier molecular flexibility index (Phi) is 7.00. The van der Waals surface area contributed by atoms with Crippen molar-refractivity contribution in [3.05, 3.63) is 0 Å². The smallest absolute Gasteiger partial charge is 0.314 e. The number of nitrogens with one attached hydrogen (secondary N) is 2. The molecule has 1 saturated carbocycles. The van der Waals surface area contributed by atoms with Gasteiger partial charge in [-0.2, -0.15) is 0 Å². The van der Waals surface area contributed by atoms with Crippen LogP contribution in [0.4, 0.5) is 4.79 Å². The van der Waals surface area contributed by atoms with Crippen molar-refractivity contribution in [1.82, 2.24) is 15.5 Å². The first-order valence-corrected chi connectivity index (χ1v) is 8.98. The van der Waals surface area contributed by atoms with Gasteiger partial charge in [0, 0.05) is 32.6 Å². The Morgan fingerprint density at radius 1 is 1.00 bits per heavy atom. The third-order valence-corrected chi connectivity index (χ3v) is 5.18. The zero-order chi connectivity index (χ0) is 15.8. The van der Waals surface area contributed by atoms with Gasteiger partial charge in [0.05, 0.1) is 0 Å². The summed E-state index contributed by atoms with van der Waals surface area (Å²) in [6.45, 7) is 5.23. The number of likely N-dealkylation sites (tertiary alicyclic amines) is 1. The lowest BCUT2D eigenvalue weighted by molar-refractivity contribution is -0.129. The van der Waals surface area contributed by atoms with Gasteiger partial charge in [0.15, 0.2) is 0 Å². The molecule has 22 heavy (non-hydrogen) atoms. The highest BCUT2D eigenvalue weighted by Crippen LogP contribution is 2.29. The third-order valence-electron chi connectivity index (χ3n) is 5.18. The lowest BCUT2D eigenvalue weighted by Gasteiger charge is -2.27. The largest absolute Gasteiger partial charge is 0.343 e. The molecule has 2 aliphatic rings. The minimum atomic E-state index is -0.133. The standard InChI is InChI=1S/C17H31N3O2/c1-2-14-5-7-15(8-6-14)13-19-17(22)18-10-9-16(21)20-11-3-4-12-20/h14-15H,2-13H2,1H3,(H2,18,19,22). The summed E-state index contributed by atoms with van der Waals surface area (Å²) >= 11 is 0. The van der Waals surface area contributed by atoms with Crippen LogP contribution in [0.25, 0.3) is 0 Å². The molecule has 1 aliphatic heterocycles. The van der Waals surface area contributed by atoms with E-state index in [0.29, 0.717) is 18.9 Å². The molecule has 5 nitrogen and oxygen atoms in total. The van der Waals surface area contributed by atoms with E-state index >= 15 is 0 Å². The Bertz CT molecular complexity index is 359. The SMILES string of the molecule is CCC1CCC(CNC(=O)NCCC(=O)N2CCCC2)CC1. The minimum Gasteiger partial charge on any atom is -0.343 e. The van der Waals surface area contributed by atoms with Crippen LogP contribution in [0.2, 0.25) is 0 Å². The lowest BCUT2D eigenvalue weighted by atomic mass is 9.81. The zero-order valence-electron chi connectivity index (χ0n) is 13.9. The van der Waals surface area contributed by atoms with Crippen molar-refractivity contribution in [3.63, 3.8) is 0 Å². The molecule has 5 heteroatoms. The molecule has 126 valence electrons. The highest BCUT2D eigenvalue weighted by atomic mass is 16.2. The van der Waals surface area contributed by atoms with Gasteiger partial charge in [-0.05, 0) is 37.5 Å². The third kappa shape index (κ3) is 5.50. The first-order valence-electron chi connectivity index (χ1n) is 8.98. The predicted molar refractivity (Wildman–Crippen MR) is 87.6 cm³/mol. The van der Waals surface area contributed by atoms with E-state index in [4.69, 9.17) is 0 Å². The number of carbonyl (C=O) groups excluding carboxylic acids is 2. The van der Waals surface area contributed by atoms with E-state index in [2.05, 4.69) is 17.6 Å². The number of rotatable bonds is 6. The van der Waals surface area contributed by atoms with Gasteiger partial charge in [-0.1, -0.05) is 26.2 Å². The number of amides is 3. The molecular formula is C17H31N3O2. The topological polar surface area (TPSA) is 61.4 Å². The maximum Gasteiger partial charge on any atom is 0.314 e. The van der Waals surface area contributed by atoms with Crippen molar-refractivity contribution in [2.24, 2.45) is 11.8 Å². The summed E-state index contributed by atoms with van der Waals surface area (Å²) in [7, 11) is 0. The first kappa shape index (κ1) is 17.1. The van der Waals surface area contributed by atoms with Crippen molar-refractivity contribution in [3.8, 4) is 0 Å². The van der Waals surface area contributed by atoms with Crippen molar-refractivity contribution in [2.75, 3.05) is 26.2 Å². The van der Waals surface area contributed by atoms with Gasteiger partial charge in [-0.3, -0.25) is 4.79 Å². The fraction of sp³-hybridized carbons (Fsp3) is 0.882. The lowest BCUT2D eigenvalue weighted by Crippen LogP contribution is -2.40. The first-order chi connectivity index (χ1) is 10.7. The molecule has 0 unspecified atom stereocenters. The van der Waals surface area contributed by atoms with E-state index in [1.54, 1.807) is 0 Å². The number of hydrogen-bond acceptors (Lipinski definition) is 2. The molecule has 1 aliphatic carbocycles. The van der Waals surface area contributed by atoms with Crippen LogP contribution in [-0.2, 0) is 4.79 Å². The van der Waals surface area contributed by atoms with Gasteiger partial charge in [-0.25, -0.2) is 4.79 Å². The molecule has 2 N–H and O–H groups in total. The normalized spacial score (nSPS) is 25.0. The molecule has 0 aromatic heterocycles. The predicted octanol–water partition coefficient (Wildman–Crippen LogP) is 2.51. The molecule has 2 fully saturated rings. The summed E-state index contributed by atoms with van der Waals surface area (Å²) in [5, 5.41) is 5.75. The summed E-state index contributed by atoms with van der Waals surface area (Å²) < 4.78 is 0. The van der Waals surface area contributed by atoms with Crippen LogP contribution in [0, 0.1) is 11.8 Å². The quantitative estimate of drug-likeness (QED) is 0.792. The summed E-state index contributed by atoms with van der Waals surface area (Å²) in [5.74, 6) is 1.68. The molecule has 0 atom stereocenters. The Labute approximate surface area is 134 Å². The van der Waals surface area contributed by atoms with Crippen LogP contribution in [0.3, 0.4) is 0 Å².